The van der Waals surface area contributed by atoms with Crippen LogP contribution >= 0.6 is 0 Å². The molecule has 0 bridgehead atoms. The number of anilines is 1. The number of nitrogens with zero attached hydrogens (tertiary/aromatic N) is 1. The Labute approximate surface area is 162 Å². The molecule has 0 aromatic heterocycles. The summed E-state index contributed by atoms with van der Waals surface area (Å²) in [4.78, 5) is 22.7. The van der Waals surface area contributed by atoms with Crippen molar-refractivity contribution in [2.75, 3.05) is 18.5 Å². The second kappa shape index (κ2) is 8.16. The number of aryl methyl sites for hydroxylation is 1. The van der Waals surface area contributed by atoms with Crippen LogP contribution in [0.25, 0.3) is 0 Å². The molecule has 0 fully saturated rings. The van der Waals surface area contributed by atoms with Crippen molar-refractivity contribution >= 4 is 17.3 Å². The molecule has 1 N–H and O–H groups in total. The number of carbonyl (C=O) groups excluding carboxylic acids is 1. The fourth-order valence-corrected chi connectivity index (χ4v) is 3.07. The first-order chi connectivity index (χ1) is 13.4. The number of carbonyl (C=O) groups is 1. The summed E-state index contributed by atoms with van der Waals surface area (Å²) in [6.07, 6.45) is 0.885. The van der Waals surface area contributed by atoms with E-state index >= 15 is 0 Å². The molecule has 3 rings (SSSR count). The monoisotopic (exact) mass is 386 g/mol. The summed E-state index contributed by atoms with van der Waals surface area (Å²) in [6, 6.07) is 8.00. The molecule has 0 saturated heterocycles. The molecule has 28 heavy (non-hydrogen) atoms. The number of rotatable bonds is 7. The number of fused-ring (bicyclic) bond motifs is 1. The van der Waals surface area contributed by atoms with Crippen molar-refractivity contribution in [3.05, 3.63) is 51.6 Å². The topological polar surface area (TPSA) is 99.9 Å². The predicted octanol–water partition coefficient (Wildman–Crippen LogP) is 3.64. The lowest BCUT2D eigenvalue weighted by Crippen LogP contribution is -2.20. The zero-order valence-corrected chi connectivity index (χ0v) is 16.0. The quantitative estimate of drug-likeness (QED) is 0.576. The van der Waals surface area contributed by atoms with Crippen LogP contribution < -0.4 is 19.5 Å². The smallest absolute Gasteiger partial charge is 0.272 e. The van der Waals surface area contributed by atoms with Crippen LogP contribution in [0.1, 0.15) is 25.0 Å². The van der Waals surface area contributed by atoms with Gasteiger partial charge < -0.3 is 19.5 Å². The molecule has 2 aromatic rings. The highest BCUT2D eigenvalue weighted by molar-refractivity contribution is 5.93. The van der Waals surface area contributed by atoms with Gasteiger partial charge in [0, 0.05) is 29.7 Å². The van der Waals surface area contributed by atoms with Gasteiger partial charge in [0.2, 0.25) is 0 Å². The number of nitrogens with one attached hydrogen (secondary N) is 1. The zero-order valence-electron chi connectivity index (χ0n) is 16.0. The van der Waals surface area contributed by atoms with E-state index in [1.165, 1.54) is 18.2 Å². The fourth-order valence-electron chi connectivity index (χ4n) is 3.07. The van der Waals surface area contributed by atoms with Crippen molar-refractivity contribution in [2.45, 2.75) is 33.3 Å². The van der Waals surface area contributed by atoms with Gasteiger partial charge in [0.1, 0.15) is 23.4 Å². The Morgan fingerprint density at radius 3 is 2.79 bits per heavy atom. The van der Waals surface area contributed by atoms with Gasteiger partial charge in [-0.2, -0.15) is 0 Å². The molecule has 0 radical (unpaired) electrons. The van der Waals surface area contributed by atoms with E-state index in [-0.39, 0.29) is 24.3 Å². The highest BCUT2D eigenvalue weighted by Crippen LogP contribution is 2.38. The van der Waals surface area contributed by atoms with Crippen LogP contribution in [-0.4, -0.2) is 30.1 Å². The maximum absolute atomic E-state index is 12.3. The highest BCUT2D eigenvalue weighted by atomic mass is 16.6. The molecule has 0 aliphatic carbocycles. The van der Waals surface area contributed by atoms with Crippen LogP contribution in [0.2, 0.25) is 0 Å². The van der Waals surface area contributed by atoms with Crippen molar-refractivity contribution in [1.82, 2.24) is 0 Å². The van der Waals surface area contributed by atoms with Crippen molar-refractivity contribution in [2.24, 2.45) is 0 Å². The summed E-state index contributed by atoms with van der Waals surface area (Å²) >= 11 is 0. The number of ether oxygens (including phenoxy) is 3. The van der Waals surface area contributed by atoms with Gasteiger partial charge >= 0.3 is 0 Å². The molecule has 148 valence electrons. The number of hydrogen-bond acceptors (Lipinski definition) is 6. The van der Waals surface area contributed by atoms with E-state index in [0.29, 0.717) is 29.4 Å². The summed E-state index contributed by atoms with van der Waals surface area (Å²) in [5.41, 5.74) is 2.03. The first kappa shape index (κ1) is 19.5. The molecule has 1 aliphatic heterocycles. The maximum Gasteiger partial charge on any atom is 0.272 e. The van der Waals surface area contributed by atoms with E-state index in [1.54, 1.807) is 13.0 Å². The predicted molar refractivity (Wildman–Crippen MR) is 103 cm³/mol. The first-order valence-electron chi connectivity index (χ1n) is 9.01. The average molecular weight is 386 g/mol. The molecular weight excluding hydrogens is 364 g/mol. The molecule has 1 atom stereocenters. The molecule has 0 spiro atoms. The van der Waals surface area contributed by atoms with Crippen LogP contribution in [0.3, 0.4) is 0 Å². The molecule has 8 nitrogen and oxygen atoms in total. The van der Waals surface area contributed by atoms with E-state index in [2.05, 4.69) is 5.32 Å². The van der Waals surface area contributed by atoms with Gasteiger partial charge in [-0.05, 0) is 39.0 Å². The minimum absolute atomic E-state index is 0.00512. The number of benzene rings is 2. The van der Waals surface area contributed by atoms with Gasteiger partial charge in [-0.15, -0.1) is 0 Å². The summed E-state index contributed by atoms with van der Waals surface area (Å²) in [5.74, 6) is 1.33. The summed E-state index contributed by atoms with van der Waals surface area (Å²) in [7, 11) is 0. The van der Waals surface area contributed by atoms with Gasteiger partial charge in [0.05, 0.1) is 17.2 Å². The van der Waals surface area contributed by atoms with Crippen LogP contribution in [0.15, 0.2) is 30.3 Å². The molecule has 1 heterocycles. The van der Waals surface area contributed by atoms with Crippen molar-refractivity contribution < 1.29 is 23.9 Å². The standard InChI is InChI=1S/C20H22N2O6/c1-4-26-19-9-14-8-13(3)28-18(14)10-16(19)21-20(23)11-27-15-5-6-17(22(24)25)12(2)7-15/h5-7,9-10,13H,4,8,11H2,1-3H3,(H,21,23)/t13-/m1/s1. The largest absolute Gasteiger partial charge is 0.492 e. The minimum Gasteiger partial charge on any atom is -0.492 e. The van der Waals surface area contributed by atoms with E-state index < -0.39 is 4.92 Å². The maximum atomic E-state index is 12.3. The van der Waals surface area contributed by atoms with Gasteiger partial charge in [0.25, 0.3) is 11.6 Å². The van der Waals surface area contributed by atoms with Gasteiger partial charge in [-0.3, -0.25) is 14.9 Å². The van der Waals surface area contributed by atoms with Crippen molar-refractivity contribution in [3.8, 4) is 17.2 Å². The van der Waals surface area contributed by atoms with Crippen molar-refractivity contribution in [1.29, 1.82) is 0 Å². The zero-order chi connectivity index (χ0) is 20.3. The van der Waals surface area contributed by atoms with Gasteiger partial charge in [-0.1, -0.05) is 0 Å². The van der Waals surface area contributed by atoms with Crippen LogP contribution in [0.5, 0.6) is 17.2 Å². The van der Waals surface area contributed by atoms with E-state index in [0.717, 1.165) is 17.7 Å². The molecule has 0 saturated carbocycles. The summed E-state index contributed by atoms with van der Waals surface area (Å²) in [5, 5.41) is 13.6. The second-order valence-electron chi connectivity index (χ2n) is 6.56. The van der Waals surface area contributed by atoms with Crippen LogP contribution in [-0.2, 0) is 11.2 Å². The third kappa shape index (κ3) is 4.33. The number of nitro groups is 1. The fraction of sp³-hybridized carbons (Fsp3) is 0.350. The van der Waals surface area contributed by atoms with E-state index in [9.17, 15) is 14.9 Å². The molecule has 2 aromatic carbocycles. The number of nitro benzene ring substituents is 1. The second-order valence-corrected chi connectivity index (χ2v) is 6.56. The summed E-state index contributed by atoms with van der Waals surface area (Å²) in [6.45, 7) is 5.70. The molecular formula is C20H22N2O6. The first-order valence-corrected chi connectivity index (χ1v) is 9.01. The molecule has 1 amide bonds. The Hall–Kier alpha value is -3.29. The lowest BCUT2D eigenvalue weighted by atomic mass is 10.1. The Bertz CT molecular complexity index is 912. The van der Waals surface area contributed by atoms with Gasteiger partial charge in [0.15, 0.2) is 6.61 Å². The Balaban J connectivity index is 1.67. The lowest BCUT2D eigenvalue weighted by molar-refractivity contribution is -0.385. The van der Waals surface area contributed by atoms with Crippen molar-refractivity contribution in [3.63, 3.8) is 0 Å². The Morgan fingerprint density at radius 2 is 2.11 bits per heavy atom. The third-order valence-corrected chi connectivity index (χ3v) is 4.31. The Morgan fingerprint density at radius 1 is 1.32 bits per heavy atom. The van der Waals surface area contributed by atoms with Gasteiger partial charge in [-0.25, -0.2) is 0 Å². The van der Waals surface area contributed by atoms with E-state index in [4.69, 9.17) is 14.2 Å². The summed E-state index contributed by atoms with van der Waals surface area (Å²) < 4.78 is 16.8. The molecule has 8 heteroatoms. The number of hydrogen-bond donors (Lipinski definition) is 1. The lowest BCUT2D eigenvalue weighted by Gasteiger charge is -2.14. The molecule has 1 aliphatic rings. The number of amides is 1. The minimum atomic E-state index is -0.460. The Kier molecular flexibility index (Phi) is 5.67. The highest BCUT2D eigenvalue weighted by Gasteiger charge is 2.22. The molecule has 0 unspecified atom stereocenters. The van der Waals surface area contributed by atoms with Crippen LogP contribution in [0, 0.1) is 17.0 Å². The third-order valence-electron chi connectivity index (χ3n) is 4.31. The normalized spacial score (nSPS) is 14.8. The average Bonchev–Trinajstić information content (AvgIpc) is 2.99. The van der Waals surface area contributed by atoms with Crippen LogP contribution in [0.4, 0.5) is 11.4 Å². The van der Waals surface area contributed by atoms with E-state index in [1.807, 2.05) is 19.9 Å². The SMILES string of the molecule is CCOc1cc2c(cc1NC(=O)COc1ccc([N+](=O)[O-])c(C)c1)O[C@H](C)C2.